The van der Waals surface area contributed by atoms with Crippen molar-refractivity contribution in [3.8, 4) is 5.88 Å². The van der Waals surface area contributed by atoms with Gasteiger partial charge < -0.3 is 15.4 Å². The molecule has 1 aliphatic heterocycles. The van der Waals surface area contributed by atoms with Gasteiger partial charge in [0, 0.05) is 24.8 Å². The standard InChI is InChI=1S/C11H18N4O/c1-8(2)14-11-13-6-4-10(15-11)16-9-3-5-12-7-9/h4,6,8-9,12H,3,5,7H2,1-2H3,(H,13,14,15). The van der Waals surface area contributed by atoms with Crippen LogP contribution in [-0.2, 0) is 0 Å². The molecule has 1 aromatic heterocycles. The van der Waals surface area contributed by atoms with Gasteiger partial charge in [0.25, 0.3) is 0 Å². The normalized spacial score (nSPS) is 20.1. The van der Waals surface area contributed by atoms with Crippen molar-refractivity contribution in [1.82, 2.24) is 15.3 Å². The second-order valence-corrected chi connectivity index (χ2v) is 4.25. The van der Waals surface area contributed by atoms with E-state index in [1.165, 1.54) is 0 Å². The monoisotopic (exact) mass is 222 g/mol. The van der Waals surface area contributed by atoms with Crippen LogP contribution in [0, 0.1) is 0 Å². The molecule has 0 spiro atoms. The summed E-state index contributed by atoms with van der Waals surface area (Å²) in [5, 5.41) is 6.41. The number of hydrogen-bond donors (Lipinski definition) is 2. The maximum Gasteiger partial charge on any atom is 0.226 e. The van der Waals surface area contributed by atoms with Gasteiger partial charge in [-0.2, -0.15) is 4.98 Å². The second kappa shape index (κ2) is 5.12. The van der Waals surface area contributed by atoms with Crippen LogP contribution >= 0.6 is 0 Å². The molecule has 16 heavy (non-hydrogen) atoms. The Bertz CT molecular complexity index is 337. The Labute approximate surface area is 95.6 Å². The van der Waals surface area contributed by atoms with Crippen LogP contribution in [0.2, 0.25) is 0 Å². The predicted octanol–water partition coefficient (Wildman–Crippen LogP) is 1.04. The molecule has 0 radical (unpaired) electrons. The van der Waals surface area contributed by atoms with E-state index in [1.807, 2.05) is 0 Å². The first-order chi connectivity index (χ1) is 7.74. The summed E-state index contributed by atoms with van der Waals surface area (Å²) >= 11 is 0. The largest absolute Gasteiger partial charge is 0.473 e. The number of ether oxygens (including phenoxy) is 1. The van der Waals surface area contributed by atoms with Crippen molar-refractivity contribution in [1.29, 1.82) is 0 Å². The third kappa shape index (κ3) is 3.06. The first kappa shape index (κ1) is 11.1. The van der Waals surface area contributed by atoms with Gasteiger partial charge in [-0.25, -0.2) is 4.98 Å². The Morgan fingerprint density at radius 2 is 2.44 bits per heavy atom. The van der Waals surface area contributed by atoms with E-state index in [4.69, 9.17) is 4.74 Å². The number of anilines is 1. The van der Waals surface area contributed by atoms with E-state index in [0.29, 0.717) is 17.9 Å². The Morgan fingerprint density at radius 1 is 1.56 bits per heavy atom. The van der Waals surface area contributed by atoms with E-state index < -0.39 is 0 Å². The van der Waals surface area contributed by atoms with Gasteiger partial charge >= 0.3 is 0 Å². The summed E-state index contributed by atoms with van der Waals surface area (Å²) < 4.78 is 5.74. The number of aromatic nitrogens is 2. The maximum absolute atomic E-state index is 5.74. The summed E-state index contributed by atoms with van der Waals surface area (Å²) in [4.78, 5) is 8.44. The van der Waals surface area contributed by atoms with Gasteiger partial charge in [0.1, 0.15) is 6.10 Å². The number of rotatable bonds is 4. The lowest BCUT2D eigenvalue weighted by atomic mass is 10.3. The summed E-state index contributed by atoms with van der Waals surface area (Å²) in [6, 6.07) is 2.12. The van der Waals surface area contributed by atoms with Crippen molar-refractivity contribution in [3.05, 3.63) is 12.3 Å². The summed E-state index contributed by atoms with van der Waals surface area (Å²) in [6.07, 6.45) is 2.99. The summed E-state index contributed by atoms with van der Waals surface area (Å²) in [5.74, 6) is 1.27. The van der Waals surface area contributed by atoms with Gasteiger partial charge in [0.05, 0.1) is 0 Å². The van der Waals surface area contributed by atoms with Crippen LogP contribution in [0.25, 0.3) is 0 Å². The topological polar surface area (TPSA) is 59.1 Å². The minimum absolute atomic E-state index is 0.238. The highest BCUT2D eigenvalue weighted by molar-refractivity contribution is 5.28. The lowest BCUT2D eigenvalue weighted by Gasteiger charge is -2.13. The zero-order valence-electron chi connectivity index (χ0n) is 9.73. The summed E-state index contributed by atoms with van der Waals surface area (Å²) in [7, 11) is 0. The zero-order valence-corrected chi connectivity index (χ0v) is 9.73. The first-order valence-electron chi connectivity index (χ1n) is 5.71. The molecule has 88 valence electrons. The fraction of sp³-hybridized carbons (Fsp3) is 0.636. The third-order valence-electron chi connectivity index (χ3n) is 2.35. The molecular formula is C11H18N4O. The molecule has 0 amide bonds. The van der Waals surface area contributed by atoms with Crippen molar-refractivity contribution >= 4 is 5.95 Å². The quantitative estimate of drug-likeness (QED) is 0.797. The van der Waals surface area contributed by atoms with Gasteiger partial charge in [-0.1, -0.05) is 0 Å². The Balaban J connectivity index is 1.97. The molecule has 2 heterocycles. The van der Waals surface area contributed by atoms with Crippen molar-refractivity contribution < 1.29 is 4.74 Å². The van der Waals surface area contributed by atoms with E-state index >= 15 is 0 Å². The van der Waals surface area contributed by atoms with Crippen LogP contribution in [-0.4, -0.2) is 35.2 Å². The van der Waals surface area contributed by atoms with Crippen LogP contribution in [0.3, 0.4) is 0 Å². The summed E-state index contributed by atoms with van der Waals surface area (Å²) in [6.45, 7) is 6.03. The minimum Gasteiger partial charge on any atom is -0.473 e. The fourth-order valence-electron chi connectivity index (χ4n) is 1.64. The molecule has 1 aliphatic rings. The fourth-order valence-corrected chi connectivity index (χ4v) is 1.64. The van der Waals surface area contributed by atoms with Crippen molar-refractivity contribution in [3.63, 3.8) is 0 Å². The number of nitrogens with one attached hydrogen (secondary N) is 2. The Morgan fingerprint density at radius 3 is 3.12 bits per heavy atom. The molecule has 1 fully saturated rings. The SMILES string of the molecule is CC(C)Nc1nccc(OC2CCNC2)n1. The molecule has 5 nitrogen and oxygen atoms in total. The molecule has 2 N–H and O–H groups in total. The van der Waals surface area contributed by atoms with Gasteiger partial charge in [-0.05, 0) is 26.8 Å². The molecule has 1 atom stereocenters. The zero-order chi connectivity index (χ0) is 11.4. The van der Waals surface area contributed by atoms with Crippen LogP contribution in [0.1, 0.15) is 20.3 Å². The molecular weight excluding hydrogens is 204 g/mol. The van der Waals surface area contributed by atoms with Crippen LogP contribution < -0.4 is 15.4 Å². The Kier molecular flexibility index (Phi) is 3.56. The predicted molar refractivity (Wildman–Crippen MR) is 62.7 cm³/mol. The summed E-state index contributed by atoms with van der Waals surface area (Å²) in [5.41, 5.74) is 0. The molecule has 0 aromatic carbocycles. The van der Waals surface area contributed by atoms with E-state index in [9.17, 15) is 0 Å². The molecule has 1 unspecified atom stereocenters. The van der Waals surface area contributed by atoms with Crippen LogP contribution in [0.4, 0.5) is 5.95 Å². The van der Waals surface area contributed by atoms with Crippen LogP contribution in [0.5, 0.6) is 5.88 Å². The average molecular weight is 222 g/mol. The molecule has 2 rings (SSSR count). The number of nitrogens with zero attached hydrogens (tertiary/aromatic N) is 2. The molecule has 0 bridgehead atoms. The van der Waals surface area contributed by atoms with Crippen LogP contribution in [0.15, 0.2) is 12.3 Å². The smallest absolute Gasteiger partial charge is 0.226 e. The lowest BCUT2D eigenvalue weighted by Crippen LogP contribution is -2.20. The van der Waals surface area contributed by atoms with Gasteiger partial charge in [-0.15, -0.1) is 0 Å². The highest BCUT2D eigenvalue weighted by atomic mass is 16.5. The lowest BCUT2D eigenvalue weighted by molar-refractivity contribution is 0.214. The second-order valence-electron chi connectivity index (χ2n) is 4.25. The van der Waals surface area contributed by atoms with E-state index in [-0.39, 0.29) is 6.10 Å². The van der Waals surface area contributed by atoms with Gasteiger partial charge in [-0.3, -0.25) is 0 Å². The average Bonchev–Trinajstić information content (AvgIpc) is 2.70. The maximum atomic E-state index is 5.74. The molecule has 0 saturated carbocycles. The Hall–Kier alpha value is -1.36. The van der Waals surface area contributed by atoms with E-state index in [1.54, 1.807) is 12.3 Å². The van der Waals surface area contributed by atoms with Gasteiger partial charge in [0.15, 0.2) is 0 Å². The third-order valence-corrected chi connectivity index (χ3v) is 2.35. The highest BCUT2D eigenvalue weighted by Crippen LogP contribution is 2.13. The molecule has 1 aromatic rings. The molecule has 5 heteroatoms. The molecule has 0 aliphatic carbocycles. The molecule has 1 saturated heterocycles. The minimum atomic E-state index is 0.238. The van der Waals surface area contributed by atoms with Gasteiger partial charge in [0.2, 0.25) is 11.8 Å². The van der Waals surface area contributed by atoms with E-state index in [0.717, 1.165) is 19.5 Å². The first-order valence-corrected chi connectivity index (χ1v) is 5.71. The number of hydrogen-bond acceptors (Lipinski definition) is 5. The highest BCUT2D eigenvalue weighted by Gasteiger charge is 2.16. The van der Waals surface area contributed by atoms with Crippen molar-refractivity contribution in [2.24, 2.45) is 0 Å². The van der Waals surface area contributed by atoms with Crippen molar-refractivity contribution in [2.75, 3.05) is 18.4 Å². The van der Waals surface area contributed by atoms with E-state index in [2.05, 4.69) is 34.4 Å². The van der Waals surface area contributed by atoms with Crippen molar-refractivity contribution in [2.45, 2.75) is 32.4 Å².